The van der Waals surface area contributed by atoms with E-state index in [-0.39, 0.29) is 12.0 Å². The van der Waals surface area contributed by atoms with Gasteiger partial charge in [-0.25, -0.2) is 20.4 Å². The molecule has 0 aliphatic carbocycles. The standard InChI is InChI=1S/C19H28N2O6/c1-18(2,3)26-14(22)11-12-9-7-8-10-13(12)15(16(23)24)21(20)17(25)27-19(4,5)6/h7-10,15H,11,20H2,1-6H3,(H,23,24)/t15-/m1/s1. The average molecular weight is 380 g/mol. The fourth-order valence-corrected chi connectivity index (χ4v) is 2.32. The van der Waals surface area contributed by atoms with Crippen molar-refractivity contribution in [2.45, 2.75) is 65.2 Å². The summed E-state index contributed by atoms with van der Waals surface area (Å²) >= 11 is 0. The van der Waals surface area contributed by atoms with Crippen LogP contribution < -0.4 is 5.84 Å². The Balaban J connectivity index is 3.17. The number of hydrogen-bond acceptors (Lipinski definition) is 6. The van der Waals surface area contributed by atoms with Gasteiger partial charge in [0.1, 0.15) is 11.2 Å². The largest absolute Gasteiger partial charge is 0.479 e. The van der Waals surface area contributed by atoms with Crippen molar-refractivity contribution in [1.82, 2.24) is 5.01 Å². The van der Waals surface area contributed by atoms with Gasteiger partial charge in [-0.15, -0.1) is 0 Å². The predicted molar refractivity (Wildman–Crippen MR) is 98.6 cm³/mol. The summed E-state index contributed by atoms with van der Waals surface area (Å²) in [6.45, 7) is 10.1. The van der Waals surface area contributed by atoms with Gasteiger partial charge in [0.05, 0.1) is 6.42 Å². The van der Waals surface area contributed by atoms with Crippen LogP contribution in [-0.4, -0.2) is 39.3 Å². The van der Waals surface area contributed by atoms with Crippen molar-refractivity contribution in [1.29, 1.82) is 0 Å². The number of nitrogens with zero attached hydrogens (tertiary/aromatic N) is 1. The first-order chi connectivity index (χ1) is 12.2. The Morgan fingerprint density at radius 1 is 1.04 bits per heavy atom. The lowest BCUT2D eigenvalue weighted by atomic mass is 9.97. The second-order valence-electron chi connectivity index (χ2n) is 8.09. The topological polar surface area (TPSA) is 119 Å². The van der Waals surface area contributed by atoms with E-state index < -0.39 is 35.3 Å². The summed E-state index contributed by atoms with van der Waals surface area (Å²) in [6, 6.07) is 4.85. The Hall–Kier alpha value is -2.61. The van der Waals surface area contributed by atoms with Gasteiger partial charge in [-0.3, -0.25) is 4.79 Å². The van der Waals surface area contributed by atoms with Crippen LogP contribution in [0.15, 0.2) is 24.3 Å². The number of carboxylic acid groups (broad SMARTS) is 1. The van der Waals surface area contributed by atoms with Crippen molar-refractivity contribution in [2.75, 3.05) is 0 Å². The lowest BCUT2D eigenvalue weighted by Crippen LogP contribution is -2.46. The number of carbonyl (C=O) groups is 3. The molecule has 1 aromatic carbocycles. The highest BCUT2D eigenvalue weighted by Gasteiger charge is 2.34. The quantitative estimate of drug-likeness (QED) is 0.349. The number of ether oxygens (including phenoxy) is 2. The van der Waals surface area contributed by atoms with Gasteiger partial charge in [0.2, 0.25) is 0 Å². The summed E-state index contributed by atoms with van der Waals surface area (Å²) in [5.41, 5.74) is -0.898. The van der Waals surface area contributed by atoms with E-state index in [0.29, 0.717) is 10.6 Å². The molecule has 0 aliphatic rings. The SMILES string of the molecule is CC(C)(C)OC(=O)Cc1ccccc1[C@H](C(=O)O)N(N)C(=O)OC(C)(C)C. The molecule has 1 amide bonds. The number of carboxylic acids is 1. The number of carbonyl (C=O) groups excluding carboxylic acids is 2. The van der Waals surface area contributed by atoms with Gasteiger partial charge in [-0.2, -0.15) is 0 Å². The molecule has 3 N–H and O–H groups in total. The second kappa shape index (κ2) is 8.39. The van der Waals surface area contributed by atoms with E-state index in [1.807, 2.05) is 0 Å². The first-order valence-electron chi connectivity index (χ1n) is 8.50. The Morgan fingerprint density at radius 2 is 1.56 bits per heavy atom. The normalized spacial score (nSPS) is 12.9. The fourth-order valence-electron chi connectivity index (χ4n) is 2.32. The average Bonchev–Trinajstić information content (AvgIpc) is 2.44. The second-order valence-corrected chi connectivity index (χ2v) is 8.09. The minimum absolute atomic E-state index is 0.153. The van der Waals surface area contributed by atoms with Gasteiger partial charge in [-0.05, 0) is 52.7 Å². The van der Waals surface area contributed by atoms with Gasteiger partial charge in [0.25, 0.3) is 0 Å². The van der Waals surface area contributed by atoms with Crippen LogP contribution in [0.4, 0.5) is 4.79 Å². The zero-order chi connectivity index (χ0) is 21.0. The third-order valence-corrected chi connectivity index (χ3v) is 3.22. The van der Waals surface area contributed by atoms with E-state index in [4.69, 9.17) is 15.3 Å². The predicted octanol–water partition coefficient (Wildman–Crippen LogP) is 2.81. The molecule has 0 aliphatic heterocycles. The van der Waals surface area contributed by atoms with E-state index >= 15 is 0 Å². The molecule has 1 rings (SSSR count). The van der Waals surface area contributed by atoms with Crippen molar-refractivity contribution < 1.29 is 29.0 Å². The molecule has 150 valence electrons. The van der Waals surface area contributed by atoms with E-state index in [1.165, 1.54) is 6.07 Å². The number of esters is 1. The maximum atomic E-state index is 12.2. The lowest BCUT2D eigenvalue weighted by molar-refractivity contribution is -0.154. The Bertz CT molecular complexity index is 703. The number of nitrogens with two attached hydrogens (primary N) is 1. The number of benzene rings is 1. The molecule has 0 saturated heterocycles. The highest BCUT2D eigenvalue weighted by Crippen LogP contribution is 2.25. The molecule has 1 atom stereocenters. The summed E-state index contributed by atoms with van der Waals surface area (Å²) in [5, 5.41) is 10.2. The first kappa shape index (κ1) is 22.4. The molecular formula is C19H28N2O6. The number of hydrazine groups is 1. The van der Waals surface area contributed by atoms with Crippen LogP contribution in [0.5, 0.6) is 0 Å². The molecular weight excluding hydrogens is 352 g/mol. The van der Waals surface area contributed by atoms with Gasteiger partial charge >= 0.3 is 18.0 Å². The first-order valence-corrected chi connectivity index (χ1v) is 8.50. The fraction of sp³-hybridized carbons (Fsp3) is 0.526. The summed E-state index contributed by atoms with van der Waals surface area (Å²) in [7, 11) is 0. The van der Waals surface area contributed by atoms with Gasteiger partial charge < -0.3 is 14.6 Å². The van der Waals surface area contributed by atoms with E-state index in [1.54, 1.807) is 59.7 Å². The molecule has 8 nitrogen and oxygen atoms in total. The van der Waals surface area contributed by atoms with Crippen LogP contribution in [0.2, 0.25) is 0 Å². The summed E-state index contributed by atoms with van der Waals surface area (Å²) in [6.07, 6.45) is -1.14. The molecule has 8 heteroatoms. The number of amides is 1. The van der Waals surface area contributed by atoms with Crippen LogP contribution in [-0.2, 0) is 25.5 Å². The van der Waals surface area contributed by atoms with E-state index in [2.05, 4.69) is 0 Å². The van der Waals surface area contributed by atoms with Crippen molar-refractivity contribution in [3.63, 3.8) is 0 Å². The Morgan fingerprint density at radius 3 is 2.04 bits per heavy atom. The third-order valence-electron chi connectivity index (χ3n) is 3.22. The van der Waals surface area contributed by atoms with Crippen LogP contribution in [0.1, 0.15) is 58.7 Å². The summed E-state index contributed by atoms with van der Waals surface area (Å²) < 4.78 is 10.4. The van der Waals surface area contributed by atoms with Crippen molar-refractivity contribution in [3.05, 3.63) is 35.4 Å². The lowest BCUT2D eigenvalue weighted by Gasteiger charge is -2.29. The maximum Gasteiger partial charge on any atom is 0.425 e. The molecule has 0 fully saturated rings. The highest BCUT2D eigenvalue weighted by atomic mass is 16.6. The van der Waals surface area contributed by atoms with Gasteiger partial charge in [0.15, 0.2) is 6.04 Å². The van der Waals surface area contributed by atoms with Crippen LogP contribution in [0, 0.1) is 0 Å². The van der Waals surface area contributed by atoms with Crippen molar-refractivity contribution in [3.8, 4) is 0 Å². The minimum atomic E-state index is -1.52. The molecule has 0 bridgehead atoms. The van der Waals surface area contributed by atoms with Crippen molar-refractivity contribution in [2.24, 2.45) is 5.84 Å². The minimum Gasteiger partial charge on any atom is -0.479 e. The maximum absolute atomic E-state index is 12.2. The molecule has 0 spiro atoms. The molecule has 1 aromatic rings. The van der Waals surface area contributed by atoms with Gasteiger partial charge in [0, 0.05) is 0 Å². The Kier molecular flexibility index (Phi) is 6.97. The molecule has 0 heterocycles. The molecule has 0 unspecified atom stereocenters. The van der Waals surface area contributed by atoms with E-state index in [0.717, 1.165) is 0 Å². The molecule has 0 aromatic heterocycles. The van der Waals surface area contributed by atoms with E-state index in [9.17, 15) is 19.5 Å². The molecule has 0 saturated carbocycles. The number of rotatable bonds is 5. The van der Waals surface area contributed by atoms with Crippen LogP contribution >= 0.6 is 0 Å². The zero-order valence-electron chi connectivity index (χ0n) is 16.6. The van der Waals surface area contributed by atoms with Gasteiger partial charge in [-0.1, -0.05) is 24.3 Å². The smallest absolute Gasteiger partial charge is 0.425 e. The monoisotopic (exact) mass is 380 g/mol. The number of hydrogen-bond donors (Lipinski definition) is 2. The molecule has 0 radical (unpaired) electrons. The van der Waals surface area contributed by atoms with Crippen molar-refractivity contribution >= 4 is 18.0 Å². The summed E-state index contributed by atoms with van der Waals surface area (Å²) in [4.78, 5) is 36.2. The number of aliphatic carboxylic acids is 1. The Labute approximate surface area is 159 Å². The van der Waals surface area contributed by atoms with Crippen LogP contribution in [0.3, 0.4) is 0 Å². The third kappa shape index (κ3) is 7.26. The highest BCUT2D eigenvalue weighted by molar-refractivity contribution is 5.82. The summed E-state index contributed by atoms with van der Waals surface area (Å²) in [5.74, 6) is 3.90. The molecule has 27 heavy (non-hydrogen) atoms. The zero-order valence-corrected chi connectivity index (χ0v) is 16.6. The van der Waals surface area contributed by atoms with Crippen LogP contribution in [0.25, 0.3) is 0 Å².